The van der Waals surface area contributed by atoms with Crippen LogP contribution in [0.25, 0.3) is 6.08 Å². The van der Waals surface area contributed by atoms with Crippen LogP contribution in [0.3, 0.4) is 0 Å². The highest BCUT2D eigenvalue weighted by Crippen LogP contribution is 2.23. The molecule has 21 heavy (non-hydrogen) atoms. The van der Waals surface area contributed by atoms with Crippen molar-refractivity contribution in [2.24, 2.45) is 7.05 Å². The molecule has 2 heterocycles. The molecule has 0 aromatic carbocycles. The second-order valence-corrected chi connectivity index (χ2v) is 5.85. The molecule has 0 radical (unpaired) electrons. The summed E-state index contributed by atoms with van der Waals surface area (Å²) < 4.78 is 1.52. The summed E-state index contributed by atoms with van der Waals surface area (Å²) in [5.74, 6) is 0.0142. The molecule has 1 aliphatic heterocycles. The summed E-state index contributed by atoms with van der Waals surface area (Å²) in [5, 5.41) is 3.31. The molecule has 3 rings (SSSR count). The largest absolute Gasteiger partial charge is 0.339 e. The normalized spacial score (nSPS) is 17.8. The van der Waals surface area contributed by atoms with E-state index < -0.39 is 0 Å². The summed E-state index contributed by atoms with van der Waals surface area (Å²) >= 11 is 0. The lowest BCUT2D eigenvalue weighted by atomic mass is 10.0. The van der Waals surface area contributed by atoms with Gasteiger partial charge in [0.2, 0.25) is 0 Å². The van der Waals surface area contributed by atoms with Crippen LogP contribution in [0.5, 0.6) is 0 Å². The van der Waals surface area contributed by atoms with Crippen LogP contribution in [0.1, 0.15) is 34.3 Å². The van der Waals surface area contributed by atoms with Gasteiger partial charge in [-0.2, -0.15) is 0 Å². The highest BCUT2D eigenvalue weighted by molar-refractivity contribution is 5.98. The van der Waals surface area contributed by atoms with E-state index >= 15 is 0 Å². The van der Waals surface area contributed by atoms with Gasteiger partial charge in [0, 0.05) is 31.9 Å². The van der Waals surface area contributed by atoms with Gasteiger partial charge in [0.05, 0.1) is 5.56 Å². The van der Waals surface area contributed by atoms with Gasteiger partial charge in [-0.1, -0.05) is 12.2 Å². The van der Waals surface area contributed by atoms with Crippen molar-refractivity contribution in [3.63, 3.8) is 0 Å². The third-order valence-electron chi connectivity index (χ3n) is 4.53. The van der Waals surface area contributed by atoms with Crippen LogP contribution in [0, 0.1) is 0 Å². The topological polar surface area (TPSA) is 54.3 Å². The number of aryl methyl sites for hydroxylation is 1. The molecule has 112 valence electrons. The number of allylic oxidation sites excluding steroid dienone is 1. The molecule has 1 aliphatic carbocycles. The number of aromatic nitrogens is 1. The Kier molecular flexibility index (Phi) is 3.68. The predicted octanol–water partition coefficient (Wildman–Crippen LogP) is 0.779. The molecule has 0 spiro atoms. The Hall–Kier alpha value is -1.88. The average molecular weight is 287 g/mol. The number of amides is 1. The maximum absolute atomic E-state index is 12.8. The second kappa shape index (κ2) is 5.48. The molecule has 0 atom stereocenters. The fraction of sp³-hybridized carbons (Fsp3) is 0.500. The molecule has 2 aliphatic rings. The van der Waals surface area contributed by atoms with Crippen LogP contribution in [-0.4, -0.2) is 41.6 Å². The standard InChI is InChI=1S/C16H21N3O2/c1-18-10-14(12-4-3-5-13(12)15(18)20)16(21)19(2)11-6-8-17-9-7-11/h3-4,10-11,17H,5-9H2,1-2H3. The molecule has 5 heteroatoms. The first-order valence-corrected chi connectivity index (χ1v) is 7.46. The van der Waals surface area contributed by atoms with E-state index in [0.29, 0.717) is 12.0 Å². The van der Waals surface area contributed by atoms with E-state index in [-0.39, 0.29) is 17.5 Å². The predicted molar refractivity (Wildman–Crippen MR) is 82.4 cm³/mol. The van der Waals surface area contributed by atoms with E-state index in [4.69, 9.17) is 0 Å². The molecule has 0 bridgehead atoms. The molecule has 0 unspecified atom stereocenters. The molecule has 0 saturated carbocycles. The minimum absolute atomic E-state index is 0.00364. The summed E-state index contributed by atoms with van der Waals surface area (Å²) in [6.45, 7) is 1.90. The van der Waals surface area contributed by atoms with Gasteiger partial charge in [0.15, 0.2) is 0 Å². The SMILES string of the molecule is CN(C(=O)c1cn(C)c(=O)c2c1C=CC2)C1CCNCC1. The molecule has 1 N–H and O–H groups in total. The van der Waals surface area contributed by atoms with Crippen LogP contribution in [-0.2, 0) is 13.5 Å². The molecule has 1 aromatic heterocycles. The molecule has 1 saturated heterocycles. The number of nitrogens with zero attached hydrogens (tertiary/aromatic N) is 2. The maximum atomic E-state index is 12.8. The number of rotatable bonds is 2. The Morgan fingerprint density at radius 2 is 2.10 bits per heavy atom. The van der Waals surface area contributed by atoms with Gasteiger partial charge in [0.25, 0.3) is 11.5 Å². The second-order valence-electron chi connectivity index (χ2n) is 5.85. The van der Waals surface area contributed by atoms with Crippen molar-refractivity contribution in [2.75, 3.05) is 20.1 Å². The summed E-state index contributed by atoms with van der Waals surface area (Å²) in [7, 11) is 3.58. The summed E-state index contributed by atoms with van der Waals surface area (Å²) in [4.78, 5) is 26.8. The van der Waals surface area contributed by atoms with Crippen LogP contribution in [0.4, 0.5) is 0 Å². The minimum Gasteiger partial charge on any atom is -0.339 e. The van der Waals surface area contributed by atoms with E-state index in [1.807, 2.05) is 24.1 Å². The van der Waals surface area contributed by atoms with Crippen molar-refractivity contribution in [2.45, 2.75) is 25.3 Å². The van der Waals surface area contributed by atoms with Crippen molar-refractivity contribution in [1.82, 2.24) is 14.8 Å². The number of carbonyl (C=O) groups excluding carboxylic acids is 1. The van der Waals surface area contributed by atoms with E-state index in [2.05, 4.69) is 5.32 Å². The molecule has 1 fully saturated rings. The van der Waals surface area contributed by atoms with Gasteiger partial charge < -0.3 is 14.8 Å². The van der Waals surface area contributed by atoms with E-state index in [1.165, 1.54) is 4.57 Å². The molecule has 1 aromatic rings. The van der Waals surface area contributed by atoms with Gasteiger partial charge in [-0.3, -0.25) is 9.59 Å². The molecular weight excluding hydrogens is 266 g/mol. The van der Waals surface area contributed by atoms with Crippen LogP contribution < -0.4 is 10.9 Å². The minimum atomic E-state index is -0.00364. The van der Waals surface area contributed by atoms with Gasteiger partial charge >= 0.3 is 0 Å². The smallest absolute Gasteiger partial charge is 0.255 e. The summed E-state index contributed by atoms with van der Waals surface area (Å²) in [5.41, 5.74) is 2.18. The fourth-order valence-electron chi connectivity index (χ4n) is 3.21. The number of nitrogens with one attached hydrogen (secondary N) is 1. The lowest BCUT2D eigenvalue weighted by Gasteiger charge is -2.32. The monoisotopic (exact) mass is 287 g/mol. The number of hydrogen-bond acceptors (Lipinski definition) is 3. The first-order chi connectivity index (χ1) is 10.1. The summed E-state index contributed by atoms with van der Waals surface area (Å²) in [6.07, 6.45) is 8.11. The average Bonchev–Trinajstić information content (AvgIpc) is 3.00. The van der Waals surface area contributed by atoms with E-state index in [9.17, 15) is 9.59 Å². The number of fused-ring (bicyclic) bond motifs is 1. The number of pyridine rings is 1. The van der Waals surface area contributed by atoms with Crippen LogP contribution in [0.15, 0.2) is 17.1 Å². The Morgan fingerprint density at radius 1 is 1.38 bits per heavy atom. The number of hydrogen-bond donors (Lipinski definition) is 1. The van der Waals surface area contributed by atoms with Crippen LogP contribution >= 0.6 is 0 Å². The first-order valence-electron chi connectivity index (χ1n) is 7.46. The van der Waals surface area contributed by atoms with Gasteiger partial charge in [-0.05, 0) is 37.9 Å². The third kappa shape index (κ3) is 2.42. The molecule has 5 nitrogen and oxygen atoms in total. The lowest BCUT2D eigenvalue weighted by Crippen LogP contribution is -2.44. The van der Waals surface area contributed by atoms with Crippen molar-refractivity contribution in [3.05, 3.63) is 39.3 Å². The van der Waals surface area contributed by atoms with E-state index in [1.54, 1.807) is 13.2 Å². The van der Waals surface area contributed by atoms with Gasteiger partial charge in [0.1, 0.15) is 0 Å². The Morgan fingerprint density at radius 3 is 2.81 bits per heavy atom. The van der Waals surface area contributed by atoms with Crippen molar-refractivity contribution >= 4 is 12.0 Å². The molecule has 1 amide bonds. The zero-order chi connectivity index (χ0) is 15.0. The first kappa shape index (κ1) is 14.1. The summed E-state index contributed by atoms with van der Waals surface area (Å²) in [6, 6.07) is 0.275. The number of piperidine rings is 1. The zero-order valence-electron chi connectivity index (χ0n) is 12.6. The maximum Gasteiger partial charge on any atom is 0.255 e. The zero-order valence-corrected chi connectivity index (χ0v) is 12.6. The Balaban J connectivity index is 1.95. The van der Waals surface area contributed by atoms with Crippen molar-refractivity contribution < 1.29 is 4.79 Å². The van der Waals surface area contributed by atoms with Gasteiger partial charge in [-0.25, -0.2) is 0 Å². The lowest BCUT2D eigenvalue weighted by molar-refractivity contribution is 0.0702. The highest BCUT2D eigenvalue weighted by Gasteiger charge is 2.26. The highest BCUT2D eigenvalue weighted by atomic mass is 16.2. The van der Waals surface area contributed by atoms with E-state index in [0.717, 1.165) is 37.1 Å². The van der Waals surface area contributed by atoms with Crippen molar-refractivity contribution in [1.29, 1.82) is 0 Å². The quantitative estimate of drug-likeness (QED) is 0.874. The van der Waals surface area contributed by atoms with Gasteiger partial charge in [-0.15, -0.1) is 0 Å². The Labute approximate surface area is 124 Å². The van der Waals surface area contributed by atoms with Crippen molar-refractivity contribution in [3.8, 4) is 0 Å². The third-order valence-corrected chi connectivity index (χ3v) is 4.53. The van der Waals surface area contributed by atoms with Crippen LogP contribution in [0.2, 0.25) is 0 Å². The Bertz CT molecular complexity index is 654. The molecular formula is C16H21N3O2. The number of carbonyl (C=O) groups is 1. The fourth-order valence-corrected chi connectivity index (χ4v) is 3.21.